The molecule has 2 aliphatic heterocycles. The third-order valence-electron chi connectivity index (χ3n) is 5.34. The second-order valence-electron chi connectivity index (χ2n) is 7.08. The van der Waals surface area contributed by atoms with Gasteiger partial charge < -0.3 is 4.90 Å². The lowest BCUT2D eigenvalue weighted by molar-refractivity contribution is -0.646. The summed E-state index contributed by atoms with van der Waals surface area (Å²) >= 11 is 6.06. The molecule has 2 heterocycles. The number of urea groups is 1. The molecule has 1 fully saturated rings. The van der Waals surface area contributed by atoms with Gasteiger partial charge in [0.05, 0.1) is 13.5 Å². The van der Waals surface area contributed by atoms with E-state index in [2.05, 4.69) is 11.4 Å². The summed E-state index contributed by atoms with van der Waals surface area (Å²) in [6, 6.07) is 7.94. The van der Waals surface area contributed by atoms with E-state index in [0.29, 0.717) is 18.8 Å². The number of piperidine rings is 1. The fourth-order valence-electron chi connectivity index (χ4n) is 3.58. The first-order valence-electron chi connectivity index (χ1n) is 9.10. The Bertz CT molecular complexity index is 726. The number of carbonyl (C=O) groups is 2. The SMILES string of the molecule is CN1C(=O)CCC(NC(=O)N2CCC(Cc3cccc(Cl)c3)CC2)=[N+]1C. The Balaban J connectivity index is 1.51. The van der Waals surface area contributed by atoms with Gasteiger partial charge in [-0.1, -0.05) is 23.7 Å². The number of amidine groups is 1. The fourth-order valence-corrected chi connectivity index (χ4v) is 3.79. The van der Waals surface area contributed by atoms with E-state index in [9.17, 15) is 9.59 Å². The molecule has 1 aromatic rings. The Morgan fingerprint density at radius 2 is 2.04 bits per heavy atom. The minimum Gasteiger partial charge on any atom is -0.305 e. The van der Waals surface area contributed by atoms with Crippen molar-refractivity contribution in [2.24, 2.45) is 5.92 Å². The van der Waals surface area contributed by atoms with Crippen molar-refractivity contribution in [1.82, 2.24) is 15.2 Å². The molecule has 3 rings (SSSR count). The number of hydrogen-bond donors (Lipinski definition) is 1. The van der Waals surface area contributed by atoms with Crippen molar-refractivity contribution in [2.75, 3.05) is 27.2 Å². The highest BCUT2D eigenvalue weighted by molar-refractivity contribution is 6.30. The summed E-state index contributed by atoms with van der Waals surface area (Å²) in [6.07, 6.45) is 3.98. The Morgan fingerprint density at radius 3 is 2.73 bits per heavy atom. The van der Waals surface area contributed by atoms with Crippen molar-refractivity contribution in [3.05, 3.63) is 34.9 Å². The van der Waals surface area contributed by atoms with Gasteiger partial charge in [0, 0.05) is 24.5 Å². The number of rotatable bonds is 2. The number of likely N-dealkylation sites (tertiary alicyclic amines) is 1. The number of hydrazine groups is 1. The molecule has 0 spiro atoms. The van der Waals surface area contributed by atoms with Crippen LogP contribution in [0.1, 0.15) is 31.2 Å². The number of benzene rings is 1. The van der Waals surface area contributed by atoms with Crippen molar-refractivity contribution >= 4 is 29.4 Å². The third kappa shape index (κ3) is 4.36. The van der Waals surface area contributed by atoms with Gasteiger partial charge in [0.2, 0.25) is 0 Å². The van der Waals surface area contributed by atoms with E-state index < -0.39 is 0 Å². The van der Waals surface area contributed by atoms with Crippen LogP contribution in [0, 0.1) is 5.92 Å². The summed E-state index contributed by atoms with van der Waals surface area (Å²) in [5, 5.41) is 5.29. The molecule has 0 aliphatic carbocycles. The van der Waals surface area contributed by atoms with Crippen molar-refractivity contribution in [2.45, 2.75) is 32.1 Å². The second-order valence-corrected chi connectivity index (χ2v) is 7.52. The molecule has 3 amide bonds. The quantitative estimate of drug-likeness (QED) is 0.805. The summed E-state index contributed by atoms with van der Waals surface area (Å²) in [5.41, 5.74) is 1.26. The van der Waals surface area contributed by atoms with Crippen LogP contribution in [-0.4, -0.2) is 59.6 Å². The normalized spacial score (nSPS) is 19.1. The van der Waals surface area contributed by atoms with Crippen LogP contribution in [-0.2, 0) is 11.2 Å². The molecule has 6 nitrogen and oxygen atoms in total. The maximum Gasteiger partial charge on any atom is 0.408 e. The van der Waals surface area contributed by atoms with Gasteiger partial charge in [0.15, 0.2) is 0 Å². The smallest absolute Gasteiger partial charge is 0.305 e. The monoisotopic (exact) mass is 377 g/mol. The third-order valence-corrected chi connectivity index (χ3v) is 5.58. The summed E-state index contributed by atoms with van der Waals surface area (Å²) in [4.78, 5) is 26.1. The largest absolute Gasteiger partial charge is 0.408 e. The van der Waals surface area contributed by atoms with Crippen molar-refractivity contribution in [3.8, 4) is 0 Å². The van der Waals surface area contributed by atoms with Gasteiger partial charge in [-0.2, -0.15) is 15.0 Å². The Labute approximate surface area is 159 Å². The average Bonchev–Trinajstić information content (AvgIpc) is 2.63. The van der Waals surface area contributed by atoms with Crippen LogP contribution in [0.5, 0.6) is 0 Å². The van der Waals surface area contributed by atoms with E-state index in [1.807, 2.05) is 23.1 Å². The van der Waals surface area contributed by atoms with Gasteiger partial charge >= 0.3 is 6.03 Å². The molecule has 0 radical (unpaired) electrons. The molecular weight excluding hydrogens is 352 g/mol. The number of hydrazone groups is 1. The number of halogens is 1. The fraction of sp³-hybridized carbons (Fsp3) is 0.526. The maximum atomic E-state index is 12.6. The predicted octanol–water partition coefficient (Wildman–Crippen LogP) is 2.51. The highest BCUT2D eigenvalue weighted by atomic mass is 35.5. The standard InChI is InChI=1S/C19H25ClN4O2/c1-22-17(6-7-18(25)23(22)2)21-19(26)24-10-8-14(9-11-24)12-15-4-3-5-16(20)13-15/h3-5,13-14H,6-12H2,1-2H3/p+1. The Hall–Kier alpha value is -2.08. The van der Waals surface area contributed by atoms with Gasteiger partial charge in [0.1, 0.15) is 7.05 Å². The van der Waals surface area contributed by atoms with Gasteiger partial charge in [-0.3, -0.25) is 4.79 Å². The number of amides is 3. The topological polar surface area (TPSA) is 55.7 Å². The first kappa shape index (κ1) is 18.7. The summed E-state index contributed by atoms with van der Waals surface area (Å²) in [7, 11) is 3.51. The highest BCUT2D eigenvalue weighted by Crippen LogP contribution is 2.23. The van der Waals surface area contributed by atoms with Gasteiger partial charge in [-0.05, 0) is 42.9 Å². The molecule has 7 heteroatoms. The first-order valence-corrected chi connectivity index (χ1v) is 9.48. The van der Waals surface area contributed by atoms with Gasteiger partial charge in [-0.15, -0.1) is 0 Å². The highest BCUT2D eigenvalue weighted by Gasteiger charge is 2.31. The van der Waals surface area contributed by atoms with Crippen LogP contribution in [0.25, 0.3) is 0 Å². The molecule has 0 atom stereocenters. The zero-order chi connectivity index (χ0) is 18.7. The van der Waals surface area contributed by atoms with Crippen LogP contribution in [0.2, 0.25) is 5.02 Å². The first-order chi connectivity index (χ1) is 12.4. The zero-order valence-corrected chi connectivity index (χ0v) is 16.1. The molecule has 0 unspecified atom stereocenters. The molecule has 0 aromatic heterocycles. The average molecular weight is 378 g/mol. The van der Waals surface area contributed by atoms with E-state index in [1.165, 1.54) is 10.6 Å². The van der Waals surface area contributed by atoms with Crippen LogP contribution >= 0.6 is 11.6 Å². The molecule has 140 valence electrons. The van der Waals surface area contributed by atoms with E-state index in [1.54, 1.807) is 18.8 Å². The molecule has 0 bridgehead atoms. The second kappa shape index (κ2) is 8.08. The molecule has 1 aromatic carbocycles. The number of nitrogens with zero attached hydrogens (tertiary/aromatic N) is 3. The van der Waals surface area contributed by atoms with Crippen LogP contribution < -0.4 is 5.32 Å². The van der Waals surface area contributed by atoms with Crippen molar-refractivity contribution in [1.29, 1.82) is 0 Å². The van der Waals surface area contributed by atoms with E-state index >= 15 is 0 Å². The number of hydrogen-bond acceptors (Lipinski definition) is 2. The Morgan fingerprint density at radius 1 is 1.31 bits per heavy atom. The molecule has 2 aliphatic rings. The molecule has 1 N–H and O–H groups in total. The molecular formula is C19H26ClN4O2+. The van der Waals surface area contributed by atoms with E-state index in [0.717, 1.165) is 43.2 Å². The minimum atomic E-state index is -0.0733. The van der Waals surface area contributed by atoms with Crippen molar-refractivity contribution in [3.63, 3.8) is 0 Å². The van der Waals surface area contributed by atoms with Gasteiger partial charge in [0.25, 0.3) is 11.7 Å². The summed E-state index contributed by atoms with van der Waals surface area (Å²) in [5.74, 6) is 1.41. The van der Waals surface area contributed by atoms with E-state index in [-0.39, 0.29) is 11.9 Å². The number of carbonyl (C=O) groups excluding carboxylic acids is 2. The predicted molar refractivity (Wildman–Crippen MR) is 101 cm³/mol. The molecule has 0 saturated carbocycles. The molecule has 26 heavy (non-hydrogen) atoms. The lowest BCUT2D eigenvalue weighted by Gasteiger charge is -2.31. The zero-order valence-electron chi connectivity index (χ0n) is 15.4. The van der Waals surface area contributed by atoms with Gasteiger partial charge in [-0.25, -0.2) is 4.79 Å². The summed E-state index contributed by atoms with van der Waals surface area (Å²) in [6.45, 7) is 1.51. The number of nitrogens with one attached hydrogen (secondary N) is 1. The lowest BCUT2D eigenvalue weighted by atomic mass is 9.90. The van der Waals surface area contributed by atoms with Crippen LogP contribution in [0.15, 0.2) is 24.3 Å². The van der Waals surface area contributed by atoms with E-state index in [4.69, 9.17) is 11.6 Å². The van der Waals surface area contributed by atoms with Crippen LogP contribution in [0.3, 0.4) is 0 Å². The summed E-state index contributed by atoms with van der Waals surface area (Å²) < 4.78 is 1.72. The van der Waals surface area contributed by atoms with Crippen molar-refractivity contribution < 1.29 is 14.3 Å². The van der Waals surface area contributed by atoms with Crippen LogP contribution in [0.4, 0.5) is 4.79 Å². The maximum absolute atomic E-state index is 12.6. The minimum absolute atomic E-state index is 0.0623. The lowest BCUT2D eigenvalue weighted by Crippen LogP contribution is -2.52. The molecule has 1 saturated heterocycles. The Kier molecular flexibility index (Phi) is 5.81.